The quantitative estimate of drug-likeness (QED) is 0.622. The van der Waals surface area contributed by atoms with Gasteiger partial charge >= 0.3 is 5.97 Å². The van der Waals surface area contributed by atoms with Gasteiger partial charge in [-0.05, 0) is 39.7 Å². The summed E-state index contributed by atoms with van der Waals surface area (Å²) in [6, 6.07) is 17.3. The Bertz CT molecular complexity index is 694. The van der Waals surface area contributed by atoms with Gasteiger partial charge in [0.1, 0.15) is 6.61 Å². The average molecular weight is 341 g/mol. The number of hydrogen-bond donors (Lipinski definition) is 0. The van der Waals surface area contributed by atoms with Crippen molar-refractivity contribution in [3.8, 4) is 11.8 Å². The summed E-state index contributed by atoms with van der Waals surface area (Å²) < 4.78 is 5.87. The maximum Gasteiger partial charge on any atom is 0.385 e. The van der Waals surface area contributed by atoms with Crippen LogP contribution in [0, 0.1) is 11.8 Å². The monoisotopic (exact) mass is 340 g/mol. The van der Waals surface area contributed by atoms with Gasteiger partial charge in [-0.25, -0.2) is 4.79 Å². The number of benzene rings is 2. The van der Waals surface area contributed by atoms with Crippen LogP contribution in [0.1, 0.15) is 11.1 Å². The zero-order valence-electron chi connectivity index (χ0n) is 11.3. The summed E-state index contributed by atoms with van der Waals surface area (Å²) in [7, 11) is 0. The van der Waals surface area contributed by atoms with Crippen LogP contribution >= 0.6 is 15.9 Å². The molecule has 0 unspecified atom stereocenters. The van der Waals surface area contributed by atoms with E-state index in [4.69, 9.17) is 4.74 Å². The lowest BCUT2D eigenvalue weighted by atomic mass is 10.2. The molecule has 3 heteroatoms. The summed E-state index contributed by atoms with van der Waals surface area (Å²) in [4.78, 5) is 11.5. The van der Waals surface area contributed by atoms with Gasteiger partial charge < -0.3 is 4.74 Å². The number of halogens is 1. The molecule has 0 saturated carbocycles. The Morgan fingerprint density at radius 3 is 2.57 bits per heavy atom. The molecule has 0 aliphatic rings. The number of ether oxygens (including phenoxy) is 1. The van der Waals surface area contributed by atoms with E-state index in [0.717, 1.165) is 15.6 Å². The highest BCUT2D eigenvalue weighted by Crippen LogP contribution is 2.13. The first-order chi connectivity index (χ1) is 10.3. The third kappa shape index (κ3) is 5.29. The van der Waals surface area contributed by atoms with Crippen LogP contribution in [-0.4, -0.2) is 12.6 Å². The minimum absolute atomic E-state index is 0.207. The Morgan fingerprint density at radius 1 is 1.10 bits per heavy atom. The molecule has 0 aliphatic heterocycles. The van der Waals surface area contributed by atoms with Gasteiger partial charge in [0, 0.05) is 16.0 Å². The third-order valence-electron chi connectivity index (χ3n) is 2.59. The fourth-order valence-electron chi connectivity index (χ4n) is 1.59. The fourth-order valence-corrected chi connectivity index (χ4v) is 1.97. The lowest BCUT2D eigenvalue weighted by Crippen LogP contribution is -2.00. The zero-order valence-corrected chi connectivity index (χ0v) is 12.8. The molecular formula is C18H13BrO2. The van der Waals surface area contributed by atoms with Crippen LogP contribution in [0.3, 0.4) is 0 Å². The van der Waals surface area contributed by atoms with E-state index < -0.39 is 5.97 Å². The third-order valence-corrected chi connectivity index (χ3v) is 3.29. The second-order valence-electron chi connectivity index (χ2n) is 4.14. The highest BCUT2D eigenvalue weighted by molar-refractivity contribution is 9.10. The van der Waals surface area contributed by atoms with E-state index in [1.807, 2.05) is 60.7 Å². The van der Waals surface area contributed by atoms with Crippen molar-refractivity contribution in [2.75, 3.05) is 6.61 Å². The molecule has 104 valence electrons. The van der Waals surface area contributed by atoms with Gasteiger partial charge in [0.2, 0.25) is 0 Å². The standard InChI is InChI=1S/C18H13BrO2/c19-17-11-5-4-10-16(17)12-13-18(20)21-14-6-9-15-7-2-1-3-8-15/h1-11H,14H2/b9-6+. The molecular weight excluding hydrogens is 328 g/mol. The van der Waals surface area contributed by atoms with E-state index >= 15 is 0 Å². The van der Waals surface area contributed by atoms with Crippen molar-refractivity contribution in [3.05, 3.63) is 76.3 Å². The van der Waals surface area contributed by atoms with Crippen molar-refractivity contribution in [2.45, 2.75) is 0 Å². The van der Waals surface area contributed by atoms with Gasteiger partial charge in [0.05, 0.1) is 0 Å². The van der Waals surface area contributed by atoms with Crippen molar-refractivity contribution in [1.29, 1.82) is 0 Å². The molecule has 0 atom stereocenters. The summed E-state index contributed by atoms with van der Waals surface area (Å²) in [5.74, 6) is 4.70. The number of hydrogen-bond acceptors (Lipinski definition) is 2. The van der Waals surface area contributed by atoms with E-state index in [1.54, 1.807) is 6.08 Å². The fraction of sp³-hybridized carbons (Fsp3) is 0.0556. The Hall–Kier alpha value is -2.31. The van der Waals surface area contributed by atoms with Crippen molar-refractivity contribution >= 4 is 28.0 Å². The highest BCUT2D eigenvalue weighted by Gasteiger charge is 1.96. The van der Waals surface area contributed by atoms with Crippen LogP contribution in [0.5, 0.6) is 0 Å². The predicted octanol–water partition coefficient (Wildman–Crippen LogP) is 4.06. The second-order valence-corrected chi connectivity index (χ2v) is 5.00. The molecule has 0 N–H and O–H groups in total. The summed E-state index contributed by atoms with van der Waals surface area (Å²) in [6.07, 6.45) is 3.68. The summed E-state index contributed by atoms with van der Waals surface area (Å²) in [5, 5.41) is 0. The topological polar surface area (TPSA) is 26.3 Å². The van der Waals surface area contributed by atoms with E-state index in [0.29, 0.717) is 0 Å². The van der Waals surface area contributed by atoms with Crippen molar-refractivity contribution < 1.29 is 9.53 Å². The van der Waals surface area contributed by atoms with Gasteiger partial charge in [0.15, 0.2) is 0 Å². The smallest absolute Gasteiger partial charge is 0.385 e. The second kappa shape index (κ2) is 8.08. The van der Waals surface area contributed by atoms with Crippen LogP contribution in [-0.2, 0) is 9.53 Å². The summed E-state index contributed by atoms with van der Waals surface area (Å²) in [6.45, 7) is 0.207. The van der Waals surface area contributed by atoms with Crippen molar-refractivity contribution in [1.82, 2.24) is 0 Å². The highest BCUT2D eigenvalue weighted by atomic mass is 79.9. The molecule has 0 aliphatic carbocycles. The molecule has 2 aromatic carbocycles. The number of carbonyl (C=O) groups is 1. The Labute approximate surface area is 132 Å². The molecule has 21 heavy (non-hydrogen) atoms. The number of esters is 1. The molecule has 2 rings (SSSR count). The lowest BCUT2D eigenvalue weighted by molar-refractivity contribution is -0.135. The normalized spacial score (nSPS) is 9.95. The van der Waals surface area contributed by atoms with Gasteiger partial charge in [-0.3, -0.25) is 0 Å². The molecule has 0 spiro atoms. The van der Waals surface area contributed by atoms with Gasteiger partial charge in [0.25, 0.3) is 0 Å². The van der Waals surface area contributed by atoms with Crippen LogP contribution < -0.4 is 0 Å². The maximum atomic E-state index is 11.5. The first kappa shape index (κ1) is 15.1. The minimum Gasteiger partial charge on any atom is -0.452 e. The maximum absolute atomic E-state index is 11.5. The first-order valence-electron chi connectivity index (χ1n) is 6.40. The Balaban J connectivity index is 1.84. The Morgan fingerprint density at radius 2 is 1.81 bits per heavy atom. The molecule has 0 saturated heterocycles. The van der Waals surface area contributed by atoms with Crippen LogP contribution in [0.4, 0.5) is 0 Å². The van der Waals surface area contributed by atoms with Crippen LogP contribution in [0.15, 0.2) is 65.1 Å². The molecule has 0 bridgehead atoms. The molecule has 0 heterocycles. The summed E-state index contributed by atoms with van der Waals surface area (Å²) in [5.41, 5.74) is 1.82. The van der Waals surface area contributed by atoms with E-state index in [1.165, 1.54) is 0 Å². The number of carbonyl (C=O) groups excluding carboxylic acids is 1. The minimum atomic E-state index is -0.538. The Kier molecular flexibility index (Phi) is 5.81. The van der Waals surface area contributed by atoms with Gasteiger partial charge in [-0.1, -0.05) is 54.5 Å². The van der Waals surface area contributed by atoms with E-state index in [2.05, 4.69) is 27.8 Å². The molecule has 2 aromatic rings. The molecule has 0 aromatic heterocycles. The lowest BCUT2D eigenvalue weighted by Gasteiger charge is -1.96. The predicted molar refractivity (Wildman–Crippen MR) is 87.5 cm³/mol. The van der Waals surface area contributed by atoms with Gasteiger partial charge in [-0.15, -0.1) is 0 Å². The van der Waals surface area contributed by atoms with E-state index in [-0.39, 0.29) is 6.61 Å². The van der Waals surface area contributed by atoms with Gasteiger partial charge in [-0.2, -0.15) is 0 Å². The molecule has 0 radical (unpaired) electrons. The largest absolute Gasteiger partial charge is 0.452 e. The van der Waals surface area contributed by atoms with Crippen LogP contribution in [0.25, 0.3) is 6.08 Å². The average Bonchev–Trinajstić information content (AvgIpc) is 2.52. The first-order valence-corrected chi connectivity index (χ1v) is 7.20. The van der Waals surface area contributed by atoms with Crippen molar-refractivity contribution in [3.63, 3.8) is 0 Å². The molecule has 2 nitrogen and oxygen atoms in total. The zero-order chi connectivity index (χ0) is 14.9. The molecule has 0 amide bonds. The van der Waals surface area contributed by atoms with Crippen molar-refractivity contribution in [2.24, 2.45) is 0 Å². The van der Waals surface area contributed by atoms with E-state index in [9.17, 15) is 4.79 Å². The number of rotatable bonds is 3. The SMILES string of the molecule is O=C(C#Cc1ccccc1Br)OC/C=C/c1ccccc1. The van der Waals surface area contributed by atoms with Crippen LogP contribution in [0.2, 0.25) is 0 Å². The summed E-state index contributed by atoms with van der Waals surface area (Å²) >= 11 is 3.37. The molecule has 0 fully saturated rings.